The highest BCUT2D eigenvalue weighted by atomic mass is 16.2. The largest absolute Gasteiger partial charge is 0.336 e. The fourth-order valence-corrected chi connectivity index (χ4v) is 4.68. The van der Waals surface area contributed by atoms with Crippen molar-refractivity contribution in [1.29, 1.82) is 0 Å². The Kier molecular flexibility index (Phi) is 1.91. The zero-order chi connectivity index (χ0) is 14.3. The molecule has 0 radical (unpaired) electrons. The van der Waals surface area contributed by atoms with Crippen molar-refractivity contribution in [2.24, 2.45) is 11.3 Å². The molecule has 3 unspecified atom stereocenters. The van der Waals surface area contributed by atoms with Gasteiger partial charge in [0.15, 0.2) is 5.78 Å². The minimum atomic E-state index is -0.999. The molecule has 2 spiro atoms. The highest BCUT2D eigenvalue weighted by molar-refractivity contribution is 6.09. The predicted molar refractivity (Wildman–Crippen MR) is 70.6 cm³/mol. The van der Waals surface area contributed by atoms with Crippen molar-refractivity contribution < 1.29 is 14.4 Å². The Balaban J connectivity index is 1.95. The number of nitrogens with one attached hydrogen (secondary N) is 1. The third-order valence-corrected chi connectivity index (χ3v) is 5.93. The zero-order valence-electron chi connectivity index (χ0n) is 11.7. The number of rotatable bonds is 0. The number of allylic oxidation sites excluding steroid dienone is 1. The molecule has 106 valence electrons. The topological polar surface area (TPSA) is 66.5 Å². The number of fused-ring (bicyclic) bond motifs is 1. The molecular formula is C15H18N2O3. The van der Waals surface area contributed by atoms with E-state index in [-0.39, 0.29) is 23.5 Å². The van der Waals surface area contributed by atoms with E-state index < -0.39 is 16.5 Å². The summed E-state index contributed by atoms with van der Waals surface area (Å²) in [4.78, 5) is 39.4. The van der Waals surface area contributed by atoms with Gasteiger partial charge in [0.1, 0.15) is 11.1 Å². The van der Waals surface area contributed by atoms with Gasteiger partial charge in [-0.25, -0.2) is 0 Å². The van der Waals surface area contributed by atoms with E-state index >= 15 is 0 Å². The quantitative estimate of drug-likeness (QED) is 0.695. The molecule has 4 fully saturated rings. The third-order valence-electron chi connectivity index (χ3n) is 5.93. The number of piperidine rings is 2. The van der Waals surface area contributed by atoms with E-state index in [2.05, 4.69) is 5.32 Å². The monoisotopic (exact) mass is 274 g/mol. The van der Waals surface area contributed by atoms with E-state index in [0.717, 1.165) is 6.42 Å². The summed E-state index contributed by atoms with van der Waals surface area (Å²) in [5.41, 5.74) is -2.31. The molecule has 0 aromatic carbocycles. The number of carbonyl (C=O) groups excluding carboxylic acids is 3. The van der Waals surface area contributed by atoms with Crippen LogP contribution >= 0.6 is 0 Å². The molecule has 4 saturated heterocycles. The van der Waals surface area contributed by atoms with Crippen LogP contribution in [0.1, 0.15) is 33.1 Å². The van der Waals surface area contributed by atoms with Gasteiger partial charge < -0.3 is 10.2 Å². The second-order valence-corrected chi connectivity index (χ2v) is 7.09. The summed E-state index contributed by atoms with van der Waals surface area (Å²) < 4.78 is 0. The van der Waals surface area contributed by atoms with Crippen molar-refractivity contribution in [3.8, 4) is 0 Å². The maximum Gasteiger partial charge on any atom is 0.253 e. The first-order chi connectivity index (χ1) is 9.34. The van der Waals surface area contributed by atoms with E-state index in [1.165, 1.54) is 6.08 Å². The number of piperazine rings is 1. The first-order valence-corrected chi connectivity index (χ1v) is 7.23. The van der Waals surface area contributed by atoms with Crippen LogP contribution in [0.25, 0.3) is 0 Å². The molecule has 3 atom stereocenters. The molecule has 1 aliphatic carbocycles. The van der Waals surface area contributed by atoms with Crippen LogP contribution in [0.2, 0.25) is 0 Å². The molecule has 2 bridgehead atoms. The molecule has 0 aromatic rings. The van der Waals surface area contributed by atoms with E-state index in [4.69, 9.17) is 0 Å². The first-order valence-electron chi connectivity index (χ1n) is 7.23. The Bertz CT molecular complexity index is 594. The van der Waals surface area contributed by atoms with E-state index in [0.29, 0.717) is 19.4 Å². The molecule has 0 aromatic heterocycles. The minimum Gasteiger partial charge on any atom is -0.336 e. The molecule has 4 heterocycles. The van der Waals surface area contributed by atoms with Gasteiger partial charge in [-0.05, 0) is 31.4 Å². The molecule has 1 N–H and O–H groups in total. The van der Waals surface area contributed by atoms with Gasteiger partial charge in [-0.1, -0.05) is 13.8 Å². The van der Waals surface area contributed by atoms with E-state index in [1.807, 2.05) is 13.8 Å². The highest BCUT2D eigenvalue weighted by Gasteiger charge is 2.71. The second kappa shape index (κ2) is 3.15. The van der Waals surface area contributed by atoms with Crippen LogP contribution in [-0.4, -0.2) is 40.1 Å². The Hall–Kier alpha value is -1.65. The lowest BCUT2D eigenvalue weighted by Crippen LogP contribution is -2.83. The molecule has 0 saturated carbocycles. The number of hydrogen-bond acceptors (Lipinski definition) is 3. The molecule has 5 nitrogen and oxygen atoms in total. The van der Waals surface area contributed by atoms with Gasteiger partial charge in [-0.3, -0.25) is 14.4 Å². The fraction of sp³-hybridized carbons (Fsp3) is 0.667. The van der Waals surface area contributed by atoms with Gasteiger partial charge >= 0.3 is 0 Å². The third kappa shape index (κ3) is 1.02. The van der Waals surface area contributed by atoms with Crippen LogP contribution in [0.3, 0.4) is 0 Å². The van der Waals surface area contributed by atoms with Crippen LogP contribution in [0.4, 0.5) is 0 Å². The normalized spacial score (nSPS) is 44.4. The Morgan fingerprint density at radius 1 is 1.30 bits per heavy atom. The Labute approximate surface area is 117 Å². The number of ketones is 1. The summed E-state index contributed by atoms with van der Waals surface area (Å²) in [5, 5.41) is 2.95. The standard InChI is InChI=1S/C15H18N2O3/c1-13(2)9-8-14-5-3-7-17(14)12(20)15(9,16-11(14)19)6-4-10(13)18/h4,6,9H,3,5,7-8H2,1-2H3,(H,16,19). The van der Waals surface area contributed by atoms with Gasteiger partial charge in [-0.2, -0.15) is 0 Å². The number of amides is 2. The molecule has 20 heavy (non-hydrogen) atoms. The van der Waals surface area contributed by atoms with Crippen LogP contribution in [0.15, 0.2) is 12.2 Å². The van der Waals surface area contributed by atoms with Crippen molar-refractivity contribution in [2.75, 3.05) is 6.54 Å². The van der Waals surface area contributed by atoms with Crippen molar-refractivity contribution in [2.45, 2.75) is 44.2 Å². The lowest BCUT2D eigenvalue weighted by atomic mass is 9.53. The van der Waals surface area contributed by atoms with E-state index in [1.54, 1.807) is 11.0 Å². The van der Waals surface area contributed by atoms with Gasteiger partial charge in [-0.15, -0.1) is 0 Å². The van der Waals surface area contributed by atoms with Crippen molar-refractivity contribution >= 4 is 17.6 Å². The van der Waals surface area contributed by atoms with Crippen LogP contribution in [0.5, 0.6) is 0 Å². The average Bonchev–Trinajstić information content (AvgIpc) is 2.82. The molecule has 5 heteroatoms. The fourth-order valence-electron chi connectivity index (χ4n) is 4.68. The zero-order valence-corrected chi connectivity index (χ0v) is 11.7. The van der Waals surface area contributed by atoms with Gasteiger partial charge in [0.05, 0.1) is 0 Å². The molecular weight excluding hydrogens is 256 g/mol. The number of carbonyl (C=O) groups is 3. The maximum atomic E-state index is 12.9. The Morgan fingerprint density at radius 2 is 2.05 bits per heavy atom. The lowest BCUT2D eigenvalue weighted by Gasteiger charge is -2.62. The summed E-state index contributed by atoms with van der Waals surface area (Å²) >= 11 is 0. The maximum absolute atomic E-state index is 12.9. The predicted octanol–water partition coefficient (Wildman–Crippen LogP) is 0.401. The summed E-state index contributed by atoms with van der Waals surface area (Å²) in [7, 11) is 0. The number of nitrogens with zero attached hydrogens (tertiary/aromatic N) is 1. The first kappa shape index (κ1) is 12.1. The highest BCUT2D eigenvalue weighted by Crippen LogP contribution is 2.56. The SMILES string of the molecule is CC1(C)C(=O)C=CC23NC(=O)C4(CCCN4C2=O)CC13. The van der Waals surface area contributed by atoms with Crippen LogP contribution in [-0.2, 0) is 14.4 Å². The van der Waals surface area contributed by atoms with Crippen LogP contribution in [0, 0.1) is 11.3 Å². The van der Waals surface area contributed by atoms with Crippen molar-refractivity contribution in [1.82, 2.24) is 10.2 Å². The summed E-state index contributed by atoms with van der Waals surface area (Å²) in [6.45, 7) is 4.44. The van der Waals surface area contributed by atoms with Gasteiger partial charge in [0.2, 0.25) is 5.91 Å². The molecule has 4 aliphatic heterocycles. The summed E-state index contributed by atoms with van der Waals surface area (Å²) in [6.07, 6.45) is 5.29. The molecule has 2 amide bonds. The van der Waals surface area contributed by atoms with Gasteiger partial charge in [0.25, 0.3) is 5.91 Å². The smallest absolute Gasteiger partial charge is 0.253 e. The summed E-state index contributed by atoms with van der Waals surface area (Å²) in [6, 6.07) is 0. The van der Waals surface area contributed by atoms with E-state index in [9.17, 15) is 14.4 Å². The summed E-state index contributed by atoms with van der Waals surface area (Å²) in [5.74, 6) is -0.168. The average molecular weight is 274 g/mol. The van der Waals surface area contributed by atoms with Crippen molar-refractivity contribution in [3.63, 3.8) is 0 Å². The molecule has 5 rings (SSSR count). The van der Waals surface area contributed by atoms with Gasteiger partial charge in [0, 0.05) is 17.9 Å². The Morgan fingerprint density at radius 3 is 2.80 bits per heavy atom. The molecule has 5 aliphatic rings. The van der Waals surface area contributed by atoms with Crippen LogP contribution < -0.4 is 5.32 Å². The minimum absolute atomic E-state index is 0.0253. The van der Waals surface area contributed by atoms with Crippen molar-refractivity contribution in [3.05, 3.63) is 12.2 Å². The second-order valence-electron chi connectivity index (χ2n) is 7.09. The lowest BCUT2D eigenvalue weighted by molar-refractivity contribution is -0.177. The number of hydrogen-bond donors (Lipinski definition) is 1.